The number of anilines is 1. The average molecular weight is 286 g/mol. The molecule has 0 aliphatic heterocycles. The van der Waals surface area contributed by atoms with E-state index in [9.17, 15) is 16.8 Å². The minimum absolute atomic E-state index is 0.593. The summed E-state index contributed by atoms with van der Waals surface area (Å²) in [6.45, 7) is 0. The first-order valence-corrected chi connectivity index (χ1v) is 8.61. The van der Waals surface area contributed by atoms with E-state index in [1.54, 1.807) is 24.3 Å². The molecule has 8 heteroatoms. The zero-order chi connectivity index (χ0) is 12.8. The molecule has 0 spiro atoms. The summed E-state index contributed by atoms with van der Waals surface area (Å²) in [6, 6.07) is 8.76. The molecular weight excluding hydrogens is 274 g/mol. The number of rotatable bonds is 2. The van der Waals surface area contributed by atoms with Crippen LogP contribution in [0.3, 0.4) is 0 Å². The summed E-state index contributed by atoms with van der Waals surface area (Å²) in [5.41, 5.74) is 0.593. The Bertz CT molecular complexity index is 502. The van der Waals surface area contributed by atoms with Gasteiger partial charge in [-0.2, -0.15) is 0 Å². The lowest BCUT2D eigenvalue weighted by Gasteiger charge is -2.00. The molecule has 0 aromatic heterocycles. The van der Waals surface area contributed by atoms with Crippen LogP contribution in [0.2, 0.25) is 0 Å². The molecule has 1 aromatic rings. The van der Waals surface area contributed by atoms with Crippen LogP contribution in [-0.2, 0) is 19.1 Å². The normalized spacial score (nSPS) is 11.2. The van der Waals surface area contributed by atoms with Gasteiger partial charge in [-0.3, -0.25) is 4.72 Å². The van der Waals surface area contributed by atoms with Crippen LogP contribution in [0.15, 0.2) is 30.3 Å². The molecule has 1 aromatic carbocycles. The van der Waals surface area contributed by atoms with Gasteiger partial charge in [0.1, 0.15) is 0 Å². The van der Waals surface area contributed by atoms with Crippen molar-refractivity contribution in [3.8, 4) is 0 Å². The smallest absolute Gasteiger partial charge is 0.229 e. The lowest BCUT2D eigenvalue weighted by atomic mass is 10.3. The van der Waals surface area contributed by atoms with Gasteiger partial charge in [-0.05, 0) is 12.1 Å². The predicted octanol–water partition coefficient (Wildman–Crippen LogP) is 1.24. The van der Waals surface area contributed by atoms with Crippen LogP contribution in [0.25, 0.3) is 0 Å². The Balaban J connectivity index is 0.000000385. The summed E-state index contributed by atoms with van der Waals surface area (Å²) in [6.07, 6.45) is 2.05. The zero-order valence-electron chi connectivity index (χ0n) is 8.71. The van der Waals surface area contributed by atoms with Gasteiger partial charge in [-0.1, -0.05) is 18.2 Å². The highest BCUT2D eigenvalue weighted by atomic mass is 35.7. The third-order valence-electron chi connectivity index (χ3n) is 1.08. The van der Waals surface area contributed by atoms with Crippen molar-refractivity contribution in [2.75, 3.05) is 17.2 Å². The molecule has 5 nitrogen and oxygen atoms in total. The molecule has 16 heavy (non-hydrogen) atoms. The van der Waals surface area contributed by atoms with Gasteiger partial charge in [0.25, 0.3) is 0 Å². The van der Waals surface area contributed by atoms with Crippen molar-refractivity contribution >= 4 is 35.4 Å². The van der Waals surface area contributed by atoms with Crippen molar-refractivity contribution in [2.45, 2.75) is 0 Å². The molecule has 0 saturated carbocycles. The first kappa shape index (κ1) is 15.2. The summed E-state index contributed by atoms with van der Waals surface area (Å²) in [4.78, 5) is 0. The first-order chi connectivity index (χ1) is 7.08. The molecule has 0 heterocycles. The third kappa shape index (κ3) is 13.2. The monoisotopic (exact) mass is 285 g/mol. The van der Waals surface area contributed by atoms with Gasteiger partial charge in [-0.15, -0.1) is 0 Å². The molecule has 0 amide bonds. The van der Waals surface area contributed by atoms with E-state index in [0.717, 1.165) is 12.5 Å². The van der Waals surface area contributed by atoms with E-state index < -0.39 is 19.1 Å². The maximum Gasteiger partial charge on any atom is 0.229 e. The lowest BCUT2D eigenvalue weighted by Crippen LogP contribution is -2.08. The number of hydrogen-bond donors (Lipinski definition) is 1. The lowest BCUT2D eigenvalue weighted by molar-refractivity contribution is 0.606. The molecule has 0 saturated heterocycles. The fraction of sp³-hybridized carbons (Fsp3) is 0.250. The molecule has 0 radical (unpaired) electrons. The Labute approximate surface area is 99.9 Å². The van der Waals surface area contributed by atoms with Gasteiger partial charge < -0.3 is 0 Å². The van der Waals surface area contributed by atoms with Crippen molar-refractivity contribution in [3.05, 3.63) is 30.3 Å². The highest BCUT2D eigenvalue weighted by Gasteiger charge is 1.98. The van der Waals surface area contributed by atoms with Crippen molar-refractivity contribution < 1.29 is 16.8 Å². The molecule has 92 valence electrons. The summed E-state index contributed by atoms with van der Waals surface area (Å²) >= 11 is 0. The Morgan fingerprint density at radius 3 is 1.69 bits per heavy atom. The largest absolute Gasteiger partial charge is 0.284 e. The second-order valence-corrected chi connectivity index (χ2v) is 7.72. The second kappa shape index (κ2) is 6.07. The topological polar surface area (TPSA) is 80.3 Å². The quantitative estimate of drug-likeness (QED) is 0.829. The maximum atomic E-state index is 10.7. The number of hydrogen-bond acceptors (Lipinski definition) is 4. The number of nitrogens with one attached hydrogen (secondary N) is 1. The van der Waals surface area contributed by atoms with E-state index >= 15 is 0 Å². The van der Waals surface area contributed by atoms with Crippen molar-refractivity contribution in [1.82, 2.24) is 0 Å². The number of para-hydroxylation sites is 1. The Kier molecular flexibility index (Phi) is 5.77. The molecule has 0 aliphatic carbocycles. The molecule has 1 rings (SSSR count). The predicted molar refractivity (Wildman–Crippen MR) is 65.6 cm³/mol. The number of benzene rings is 1. The van der Waals surface area contributed by atoms with Crippen LogP contribution in [0, 0.1) is 0 Å². The van der Waals surface area contributed by atoms with Gasteiger partial charge in [0.05, 0.1) is 12.5 Å². The standard InChI is InChI=1S/C7H9NO2S.CH3ClO2S/c1-11(9,10)8-7-5-3-2-4-6-7;1-5(2,3)4/h2-6,8H,1H3;1H3. The molecule has 1 N–H and O–H groups in total. The molecule has 0 unspecified atom stereocenters. The second-order valence-electron chi connectivity index (χ2n) is 2.92. The molecular formula is C8H12ClNO4S2. The molecule has 0 bridgehead atoms. The van der Waals surface area contributed by atoms with Crippen molar-refractivity contribution in [3.63, 3.8) is 0 Å². The van der Waals surface area contributed by atoms with E-state index in [1.807, 2.05) is 6.07 Å². The van der Waals surface area contributed by atoms with E-state index in [4.69, 9.17) is 0 Å². The maximum absolute atomic E-state index is 10.7. The molecule has 0 aliphatic rings. The highest BCUT2D eigenvalue weighted by molar-refractivity contribution is 8.13. The van der Waals surface area contributed by atoms with Gasteiger partial charge in [-0.25, -0.2) is 16.8 Å². The van der Waals surface area contributed by atoms with Crippen molar-refractivity contribution in [1.29, 1.82) is 0 Å². The SMILES string of the molecule is CS(=O)(=O)Cl.CS(=O)(=O)Nc1ccccc1. The summed E-state index contributed by atoms with van der Waals surface area (Å²) in [5.74, 6) is 0. The fourth-order valence-electron chi connectivity index (χ4n) is 0.720. The number of halogens is 1. The van der Waals surface area contributed by atoms with Gasteiger partial charge in [0.2, 0.25) is 19.1 Å². The van der Waals surface area contributed by atoms with Gasteiger partial charge in [0, 0.05) is 16.4 Å². The first-order valence-electron chi connectivity index (χ1n) is 4.00. The summed E-state index contributed by atoms with van der Waals surface area (Å²) < 4.78 is 42.5. The highest BCUT2D eigenvalue weighted by Crippen LogP contribution is 2.05. The van der Waals surface area contributed by atoms with E-state index in [-0.39, 0.29) is 0 Å². The summed E-state index contributed by atoms with van der Waals surface area (Å²) in [7, 11) is -1.82. The molecule has 0 fully saturated rings. The minimum Gasteiger partial charge on any atom is -0.284 e. The van der Waals surface area contributed by atoms with Gasteiger partial charge in [0.15, 0.2) is 0 Å². The van der Waals surface area contributed by atoms with E-state index in [1.165, 1.54) is 0 Å². The van der Waals surface area contributed by atoms with Crippen LogP contribution in [0.5, 0.6) is 0 Å². The zero-order valence-corrected chi connectivity index (χ0v) is 11.1. The van der Waals surface area contributed by atoms with E-state index in [2.05, 4.69) is 15.4 Å². The minimum atomic E-state index is -3.19. The average Bonchev–Trinajstić information content (AvgIpc) is 1.99. The Morgan fingerprint density at radius 2 is 1.38 bits per heavy atom. The van der Waals surface area contributed by atoms with Crippen LogP contribution in [-0.4, -0.2) is 29.3 Å². The van der Waals surface area contributed by atoms with Crippen LogP contribution in [0.1, 0.15) is 0 Å². The van der Waals surface area contributed by atoms with E-state index in [0.29, 0.717) is 5.69 Å². The fourth-order valence-corrected chi connectivity index (χ4v) is 1.28. The Hall–Kier alpha value is -0.790. The van der Waals surface area contributed by atoms with Crippen LogP contribution in [0.4, 0.5) is 5.69 Å². The van der Waals surface area contributed by atoms with Gasteiger partial charge >= 0.3 is 0 Å². The third-order valence-corrected chi connectivity index (χ3v) is 1.68. The molecule has 0 atom stereocenters. The van der Waals surface area contributed by atoms with Crippen LogP contribution < -0.4 is 4.72 Å². The van der Waals surface area contributed by atoms with Crippen molar-refractivity contribution in [2.24, 2.45) is 0 Å². The summed E-state index contributed by atoms with van der Waals surface area (Å²) in [5, 5.41) is 0. The number of sulfonamides is 1. The van der Waals surface area contributed by atoms with Crippen LogP contribution >= 0.6 is 10.7 Å². The Morgan fingerprint density at radius 1 is 1.00 bits per heavy atom.